The van der Waals surface area contributed by atoms with E-state index in [1.165, 1.54) is 29.4 Å². The highest BCUT2D eigenvalue weighted by Crippen LogP contribution is 2.66. The van der Waals surface area contributed by atoms with Crippen molar-refractivity contribution in [1.29, 1.82) is 0 Å². The number of benzene rings is 3. The zero-order chi connectivity index (χ0) is 19.4. The van der Waals surface area contributed by atoms with Crippen LogP contribution in [0.5, 0.6) is 0 Å². The number of nitrogens with one attached hydrogen (secondary N) is 1. The summed E-state index contributed by atoms with van der Waals surface area (Å²) in [5.74, 6) is -0.253. The molecule has 1 heterocycles. The normalized spacial score (nSPS) is 24.0. The minimum atomic E-state index is -0.847. The van der Waals surface area contributed by atoms with Crippen LogP contribution in [0.1, 0.15) is 29.7 Å². The molecule has 2 atom stereocenters. The minimum absolute atomic E-state index is 0.0624. The maximum absolute atomic E-state index is 12.8. The maximum atomic E-state index is 12.8. The molecule has 140 valence electrons. The van der Waals surface area contributed by atoms with Gasteiger partial charge in [-0.2, -0.15) is 0 Å². The molecule has 2 aliphatic rings. The molecule has 1 aliphatic carbocycles. The van der Waals surface area contributed by atoms with Gasteiger partial charge in [-0.05, 0) is 34.7 Å². The summed E-state index contributed by atoms with van der Waals surface area (Å²) in [6.07, 6.45) is 0. The lowest BCUT2D eigenvalue weighted by molar-refractivity contribution is -0.144. The van der Waals surface area contributed by atoms with E-state index in [-0.39, 0.29) is 12.0 Å². The van der Waals surface area contributed by atoms with Gasteiger partial charge in [0.1, 0.15) is 0 Å². The lowest BCUT2D eigenvalue weighted by Gasteiger charge is -2.32. The molecule has 0 unspecified atom stereocenters. The van der Waals surface area contributed by atoms with E-state index in [1.807, 2.05) is 13.0 Å². The van der Waals surface area contributed by atoms with Gasteiger partial charge in [0.2, 0.25) is 0 Å². The van der Waals surface area contributed by atoms with E-state index in [0.717, 1.165) is 5.56 Å². The second-order valence-corrected chi connectivity index (χ2v) is 9.11. The number of carbonyl (C=O) groups excluding carboxylic acids is 1. The molecule has 0 aromatic heterocycles. The van der Waals surface area contributed by atoms with E-state index in [1.54, 1.807) is 11.8 Å². The van der Waals surface area contributed by atoms with Crippen molar-refractivity contribution < 1.29 is 9.53 Å². The van der Waals surface area contributed by atoms with Crippen LogP contribution in [-0.4, -0.2) is 18.0 Å². The molecule has 3 nitrogen and oxygen atoms in total. The monoisotopic (exact) mass is 387 g/mol. The Balaban J connectivity index is 1.81. The van der Waals surface area contributed by atoms with Gasteiger partial charge in [-0.1, -0.05) is 78.9 Å². The van der Waals surface area contributed by atoms with Gasteiger partial charge < -0.3 is 4.74 Å². The average Bonchev–Trinajstić information content (AvgIpc) is 3.23. The summed E-state index contributed by atoms with van der Waals surface area (Å²) in [6.45, 7) is 1.93. The second kappa shape index (κ2) is 6.23. The molecule has 0 amide bonds. The number of thioether (sulfide) groups is 1. The number of esters is 1. The summed E-state index contributed by atoms with van der Waals surface area (Å²) in [7, 11) is 1.45. The standard InChI is InChI=1S/C24H21NO2S/c1-23(22(26)27-2)25-21(16-10-4-3-5-11-16)24(28-23)19-14-8-6-12-17(19)18-13-7-9-15-20(18)24/h3-15,21,25H,1-2H3/t21-,23-/m1/s1. The van der Waals surface area contributed by atoms with Crippen molar-refractivity contribution >= 4 is 17.7 Å². The fraction of sp³-hybridized carbons (Fsp3) is 0.208. The van der Waals surface area contributed by atoms with Crippen LogP contribution in [0, 0.1) is 0 Å². The Hall–Kier alpha value is -2.56. The van der Waals surface area contributed by atoms with Crippen molar-refractivity contribution in [3.63, 3.8) is 0 Å². The average molecular weight is 388 g/mol. The van der Waals surface area contributed by atoms with Gasteiger partial charge in [-0.25, -0.2) is 4.79 Å². The Kier molecular flexibility index (Phi) is 3.90. The number of carbonyl (C=O) groups is 1. The van der Waals surface area contributed by atoms with Gasteiger partial charge >= 0.3 is 5.97 Å². The Morgan fingerprint density at radius 2 is 1.43 bits per heavy atom. The molecule has 3 aromatic rings. The van der Waals surface area contributed by atoms with Crippen LogP contribution in [-0.2, 0) is 14.3 Å². The largest absolute Gasteiger partial charge is 0.467 e. The van der Waals surface area contributed by atoms with Gasteiger partial charge in [0.05, 0.1) is 17.9 Å². The maximum Gasteiger partial charge on any atom is 0.336 e. The summed E-state index contributed by atoms with van der Waals surface area (Å²) in [6, 6.07) is 27.4. The predicted octanol–water partition coefficient (Wildman–Crippen LogP) is 4.88. The highest BCUT2D eigenvalue weighted by molar-refractivity contribution is 8.02. The molecular weight excluding hydrogens is 366 g/mol. The van der Waals surface area contributed by atoms with Gasteiger partial charge in [-0.15, -0.1) is 11.8 Å². The topological polar surface area (TPSA) is 38.3 Å². The number of rotatable bonds is 2. The predicted molar refractivity (Wildman–Crippen MR) is 113 cm³/mol. The Morgan fingerprint density at radius 3 is 2.00 bits per heavy atom. The highest BCUT2D eigenvalue weighted by atomic mass is 32.2. The lowest BCUT2D eigenvalue weighted by atomic mass is 9.84. The molecule has 0 saturated carbocycles. The third kappa shape index (κ3) is 2.25. The van der Waals surface area contributed by atoms with Gasteiger partial charge in [0.25, 0.3) is 0 Å². The molecular formula is C24H21NO2S. The summed E-state index contributed by atoms with van der Waals surface area (Å²) in [5, 5.41) is 3.64. The first-order valence-corrected chi connectivity index (χ1v) is 10.2. The van der Waals surface area contributed by atoms with E-state index in [9.17, 15) is 4.79 Å². The molecule has 1 saturated heterocycles. The molecule has 0 radical (unpaired) electrons. The van der Waals surface area contributed by atoms with E-state index in [2.05, 4.69) is 78.1 Å². The summed E-state index contributed by atoms with van der Waals surface area (Å²) in [4.78, 5) is 11.9. The number of methoxy groups -OCH3 is 1. The highest BCUT2D eigenvalue weighted by Gasteiger charge is 2.62. The van der Waals surface area contributed by atoms with Crippen molar-refractivity contribution in [3.05, 3.63) is 95.6 Å². The Labute approximate surface area is 169 Å². The molecule has 5 rings (SSSR count). The van der Waals surface area contributed by atoms with E-state index >= 15 is 0 Å². The van der Waals surface area contributed by atoms with E-state index < -0.39 is 9.62 Å². The van der Waals surface area contributed by atoms with E-state index in [4.69, 9.17) is 4.74 Å². The first-order chi connectivity index (χ1) is 13.6. The van der Waals surface area contributed by atoms with Crippen molar-refractivity contribution in [2.75, 3.05) is 7.11 Å². The van der Waals surface area contributed by atoms with Crippen LogP contribution in [0.2, 0.25) is 0 Å². The van der Waals surface area contributed by atoms with Crippen LogP contribution in [0.3, 0.4) is 0 Å². The van der Waals surface area contributed by atoms with Crippen molar-refractivity contribution in [2.24, 2.45) is 0 Å². The van der Waals surface area contributed by atoms with Crippen LogP contribution in [0.25, 0.3) is 11.1 Å². The van der Waals surface area contributed by atoms with Crippen LogP contribution < -0.4 is 5.32 Å². The van der Waals surface area contributed by atoms with E-state index in [0.29, 0.717) is 0 Å². The fourth-order valence-corrected chi connectivity index (χ4v) is 6.57. The summed E-state index contributed by atoms with van der Waals surface area (Å²) in [5.41, 5.74) is 6.13. The van der Waals surface area contributed by atoms with Gasteiger partial charge in [-0.3, -0.25) is 5.32 Å². The first-order valence-electron chi connectivity index (χ1n) is 9.41. The van der Waals surface area contributed by atoms with Crippen LogP contribution in [0.4, 0.5) is 0 Å². The molecule has 0 bridgehead atoms. The number of hydrogen-bond donors (Lipinski definition) is 1. The van der Waals surface area contributed by atoms with Gasteiger partial charge in [0.15, 0.2) is 4.87 Å². The molecule has 28 heavy (non-hydrogen) atoms. The molecule has 3 aromatic carbocycles. The number of hydrogen-bond acceptors (Lipinski definition) is 4. The van der Waals surface area contributed by atoms with Gasteiger partial charge in [0, 0.05) is 0 Å². The second-order valence-electron chi connectivity index (χ2n) is 7.44. The zero-order valence-corrected chi connectivity index (χ0v) is 16.6. The minimum Gasteiger partial charge on any atom is -0.467 e. The summed E-state index contributed by atoms with van der Waals surface area (Å²) >= 11 is 1.66. The van der Waals surface area contributed by atoms with Crippen molar-refractivity contribution in [2.45, 2.75) is 22.6 Å². The molecule has 4 heteroatoms. The Morgan fingerprint density at radius 1 is 0.893 bits per heavy atom. The fourth-order valence-electron chi connectivity index (χ4n) is 4.70. The third-order valence-corrected chi connectivity index (χ3v) is 7.53. The first kappa shape index (κ1) is 17.5. The molecule has 1 fully saturated rings. The van der Waals surface area contributed by atoms with Crippen molar-refractivity contribution in [1.82, 2.24) is 5.32 Å². The quantitative estimate of drug-likeness (QED) is 0.636. The molecule has 1 aliphatic heterocycles. The molecule has 1 N–H and O–H groups in total. The lowest BCUT2D eigenvalue weighted by Crippen LogP contribution is -2.44. The Bertz CT molecular complexity index is 1020. The van der Waals surface area contributed by atoms with Crippen LogP contribution >= 0.6 is 11.8 Å². The smallest absolute Gasteiger partial charge is 0.336 e. The molecule has 1 spiro atoms. The van der Waals surface area contributed by atoms with Crippen LogP contribution in [0.15, 0.2) is 78.9 Å². The van der Waals surface area contributed by atoms with Crippen molar-refractivity contribution in [3.8, 4) is 11.1 Å². The SMILES string of the molecule is COC(=O)[C@]1(C)N[C@H](c2ccccc2)C2(S1)c1ccccc1-c1ccccc12. The zero-order valence-electron chi connectivity index (χ0n) is 15.8. The number of fused-ring (bicyclic) bond motifs is 5. The summed E-state index contributed by atoms with van der Waals surface area (Å²) < 4.78 is 4.77. The number of ether oxygens (including phenoxy) is 1. The third-order valence-electron chi connectivity index (χ3n) is 5.84.